The number of benzene rings is 2. The molecule has 0 radical (unpaired) electrons. The lowest BCUT2D eigenvalue weighted by atomic mass is 9.77. The van der Waals surface area contributed by atoms with Crippen molar-refractivity contribution >= 4 is 33.2 Å². The van der Waals surface area contributed by atoms with Gasteiger partial charge in [-0.25, -0.2) is 13.1 Å². The Kier molecular flexibility index (Phi) is 6.52. The van der Waals surface area contributed by atoms with Crippen molar-refractivity contribution in [2.75, 3.05) is 17.2 Å². The van der Waals surface area contributed by atoms with Crippen LogP contribution in [0.1, 0.15) is 55.6 Å². The number of hydrogen-bond donors (Lipinski definition) is 3. The molecular weight excluding hydrogens is 414 g/mol. The Morgan fingerprint density at radius 3 is 2.61 bits per heavy atom. The van der Waals surface area contributed by atoms with Gasteiger partial charge in [-0.1, -0.05) is 39.8 Å². The Bertz CT molecular complexity index is 1110. The van der Waals surface area contributed by atoms with Gasteiger partial charge in [0, 0.05) is 35.3 Å². The molecule has 3 N–H and O–H groups in total. The van der Waals surface area contributed by atoms with Crippen molar-refractivity contribution < 1.29 is 18.0 Å². The molecule has 7 nitrogen and oxygen atoms in total. The number of carbonyl (C=O) groups excluding carboxylic acids is 2. The van der Waals surface area contributed by atoms with E-state index in [1.807, 2.05) is 27.7 Å². The van der Waals surface area contributed by atoms with E-state index in [-0.39, 0.29) is 28.9 Å². The van der Waals surface area contributed by atoms with Crippen LogP contribution < -0.4 is 15.4 Å². The molecular formula is C23H29N3O4S. The molecule has 2 aromatic carbocycles. The van der Waals surface area contributed by atoms with E-state index in [9.17, 15) is 18.0 Å². The minimum Gasteiger partial charge on any atom is -0.326 e. The van der Waals surface area contributed by atoms with E-state index in [4.69, 9.17) is 0 Å². The fraction of sp³-hybridized carbons (Fsp3) is 0.391. The summed E-state index contributed by atoms with van der Waals surface area (Å²) in [5.41, 5.74) is 2.84. The molecule has 0 aromatic heterocycles. The number of hydrogen-bond acceptors (Lipinski definition) is 4. The zero-order valence-corrected chi connectivity index (χ0v) is 19.1. The van der Waals surface area contributed by atoms with E-state index < -0.39 is 10.0 Å². The van der Waals surface area contributed by atoms with Gasteiger partial charge >= 0.3 is 0 Å². The van der Waals surface area contributed by atoms with Crippen LogP contribution in [-0.2, 0) is 26.0 Å². The van der Waals surface area contributed by atoms with Crippen molar-refractivity contribution in [2.24, 2.45) is 5.92 Å². The van der Waals surface area contributed by atoms with E-state index in [1.165, 1.54) is 0 Å². The number of carbonyl (C=O) groups is 2. The quantitative estimate of drug-likeness (QED) is 0.608. The molecule has 0 spiro atoms. The second kappa shape index (κ2) is 8.80. The SMILES string of the molecule is CC(C)CNS(=O)(=O)Cc1cccc(NC(=O)c2ccc3c(c2)C(C)(C)CC(=O)N3)c1. The second-order valence-corrected chi connectivity index (χ2v) is 10.8. The van der Waals surface area contributed by atoms with E-state index >= 15 is 0 Å². The van der Waals surface area contributed by atoms with Crippen molar-refractivity contribution in [3.8, 4) is 0 Å². The first-order valence-corrected chi connectivity index (χ1v) is 11.9. The third-order valence-electron chi connectivity index (χ3n) is 5.14. The van der Waals surface area contributed by atoms with Crippen molar-refractivity contribution in [3.05, 3.63) is 59.2 Å². The third kappa shape index (κ3) is 5.92. The topological polar surface area (TPSA) is 104 Å². The van der Waals surface area contributed by atoms with E-state index in [2.05, 4.69) is 15.4 Å². The number of fused-ring (bicyclic) bond motifs is 1. The molecule has 1 aliphatic heterocycles. The Morgan fingerprint density at radius 2 is 1.90 bits per heavy atom. The van der Waals surface area contributed by atoms with Gasteiger partial charge in [-0.2, -0.15) is 0 Å². The summed E-state index contributed by atoms with van der Waals surface area (Å²) in [6, 6.07) is 12.0. The molecule has 31 heavy (non-hydrogen) atoms. The number of rotatable bonds is 7. The average Bonchev–Trinajstić information content (AvgIpc) is 2.65. The molecule has 2 amide bonds. The number of amides is 2. The van der Waals surface area contributed by atoms with Crippen LogP contribution in [0.25, 0.3) is 0 Å². The Labute approximate surface area is 183 Å². The predicted molar refractivity (Wildman–Crippen MR) is 123 cm³/mol. The van der Waals surface area contributed by atoms with Crippen molar-refractivity contribution in [2.45, 2.75) is 45.3 Å². The smallest absolute Gasteiger partial charge is 0.255 e. The van der Waals surface area contributed by atoms with Crippen LogP contribution in [0, 0.1) is 5.92 Å². The lowest BCUT2D eigenvalue weighted by Gasteiger charge is -2.32. The molecule has 0 saturated heterocycles. The number of nitrogens with one attached hydrogen (secondary N) is 3. The molecule has 0 saturated carbocycles. The van der Waals surface area contributed by atoms with Crippen molar-refractivity contribution in [1.29, 1.82) is 0 Å². The highest BCUT2D eigenvalue weighted by Crippen LogP contribution is 2.37. The molecule has 2 aromatic rings. The minimum absolute atomic E-state index is 0.0376. The maximum Gasteiger partial charge on any atom is 0.255 e. The molecule has 8 heteroatoms. The summed E-state index contributed by atoms with van der Waals surface area (Å²) in [7, 11) is -3.45. The predicted octanol–water partition coefficient (Wildman–Crippen LogP) is 3.63. The summed E-state index contributed by atoms with van der Waals surface area (Å²) in [5, 5.41) is 5.68. The molecule has 0 aliphatic carbocycles. The monoisotopic (exact) mass is 443 g/mol. The van der Waals surface area contributed by atoms with Gasteiger partial charge in [0.2, 0.25) is 15.9 Å². The van der Waals surface area contributed by atoms with Gasteiger partial charge in [-0.3, -0.25) is 9.59 Å². The molecule has 166 valence electrons. The number of anilines is 2. The minimum atomic E-state index is -3.45. The van der Waals surface area contributed by atoms with Crippen LogP contribution in [0.4, 0.5) is 11.4 Å². The Hall–Kier alpha value is -2.71. The van der Waals surface area contributed by atoms with Crippen LogP contribution in [-0.4, -0.2) is 26.8 Å². The van der Waals surface area contributed by atoms with Crippen LogP contribution >= 0.6 is 0 Å². The maximum atomic E-state index is 12.8. The zero-order valence-electron chi connectivity index (χ0n) is 18.3. The first-order chi connectivity index (χ1) is 14.4. The summed E-state index contributed by atoms with van der Waals surface area (Å²) in [6.07, 6.45) is 0.354. The molecule has 0 bridgehead atoms. The lowest BCUT2D eigenvalue weighted by Crippen LogP contribution is -2.32. The van der Waals surface area contributed by atoms with Gasteiger partial charge < -0.3 is 10.6 Å². The zero-order chi connectivity index (χ0) is 22.8. The molecule has 1 aliphatic rings. The molecule has 0 atom stereocenters. The number of sulfonamides is 1. The molecule has 3 rings (SSSR count). The summed E-state index contributed by atoms with van der Waals surface area (Å²) in [6.45, 7) is 8.21. The van der Waals surface area contributed by atoms with Gasteiger partial charge in [-0.05, 0) is 47.4 Å². The highest BCUT2D eigenvalue weighted by atomic mass is 32.2. The second-order valence-electron chi connectivity index (χ2n) is 9.03. The molecule has 0 fully saturated rings. The van der Waals surface area contributed by atoms with Gasteiger partial charge in [0.25, 0.3) is 5.91 Å². The van der Waals surface area contributed by atoms with E-state index in [1.54, 1.807) is 42.5 Å². The van der Waals surface area contributed by atoms with Crippen LogP contribution in [0.3, 0.4) is 0 Å². The highest BCUT2D eigenvalue weighted by molar-refractivity contribution is 7.88. The fourth-order valence-electron chi connectivity index (χ4n) is 3.55. The summed E-state index contributed by atoms with van der Waals surface area (Å²) < 4.78 is 27.1. The highest BCUT2D eigenvalue weighted by Gasteiger charge is 2.32. The van der Waals surface area contributed by atoms with Crippen LogP contribution in [0.5, 0.6) is 0 Å². The van der Waals surface area contributed by atoms with Crippen molar-refractivity contribution in [1.82, 2.24) is 4.72 Å². The van der Waals surface area contributed by atoms with Crippen LogP contribution in [0.15, 0.2) is 42.5 Å². The van der Waals surface area contributed by atoms with Crippen LogP contribution in [0.2, 0.25) is 0 Å². The lowest BCUT2D eigenvalue weighted by molar-refractivity contribution is -0.117. The van der Waals surface area contributed by atoms with Gasteiger partial charge in [0.15, 0.2) is 0 Å². The van der Waals surface area contributed by atoms with Crippen molar-refractivity contribution in [3.63, 3.8) is 0 Å². The maximum absolute atomic E-state index is 12.8. The Balaban J connectivity index is 1.75. The summed E-state index contributed by atoms with van der Waals surface area (Å²) >= 11 is 0. The fourth-order valence-corrected chi connectivity index (χ4v) is 4.86. The standard InChI is InChI=1S/C23H29N3O4S/c1-15(2)13-24-31(29,30)14-16-6-5-7-18(10-16)25-22(28)17-8-9-20-19(11-17)23(3,4)12-21(27)26-20/h5-11,15,24H,12-14H2,1-4H3,(H,25,28)(H,26,27). The molecule has 1 heterocycles. The van der Waals surface area contributed by atoms with Gasteiger partial charge in [0.1, 0.15) is 0 Å². The van der Waals surface area contributed by atoms with Gasteiger partial charge in [-0.15, -0.1) is 0 Å². The largest absolute Gasteiger partial charge is 0.326 e. The summed E-state index contributed by atoms with van der Waals surface area (Å²) in [5.74, 6) is -0.274. The normalized spacial score (nSPS) is 15.3. The Morgan fingerprint density at radius 1 is 1.16 bits per heavy atom. The molecule has 0 unspecified atom stereocenters. The van der Waals surface area contributed by atoms with Gasteiger partial charge in [0.05, 0.1) is 5.75 Å². The third-order valence-corrected chi connectivity index (χ3v) is 6.46. The summed E-state index contributed by atoms with van der Waals surface area (Å²) in [4.78, 5) is 24.7. The van der Waals surface area contributed by atoms with E-state index in [0.717, 1.165) is 11.3 Å². The first-order valence-electron chi connectivity index (χ1n) is 10.3. The average molecular weight is 444 g/mol. The van der Waals surface area contributed by atoms with E-state index in [0.29, 0.717) is 29.8 Å². The first kappa shape index (κ1) is 23.0.